The molecule has 0 aliphatic carbocycles. The van der Waals surface area contributed by atoms with Crippen molar-refractivity contribution in [2.45, 2.75) is 19.5 Å². The minimum absolute atomic E-state index is 0.0875. The van der Waals surface area contributed by atoms with Gasteiger partial charge in [-0.15, -0.1) is 0 Å². The van der Waals surface area contributed by atoms with Crippen molar-refractivity contribution < 1.29 is 5.11 Å². The summed E-state index contributed by atoms with van der Waals surface area (Å²) in [6.45, 7) is 7.12. The van der Waals surface area contributed by atoms with Gasteiger partial charge in [0.2, 0.25) is 0 Å². The molecule has 0 aromatic carbocycles. The lowest BCUT2D eigenvalue weighted by Crippen LogP contribution is -2.46. The van der Waals surface area contributed by atoms with Crippen molar-refractivity contribution >= 4 is 0 Å². The standard InChI is InChI=1S/C11H20N4O/c1-2-14-9-13-7-10(14)11(8-16)15-5-3-12-4-6-15/h7,9,11-12,16H,2-6,8H2,1H3. The SMILES string of the molecule is CCn1cncc1C(CO)N1CCNCC1. The average Bonchev–Trinajstić information content (AvgIpc) is 2.80. The van der Waals surface area contributed by atoms with Crippen LogP contribution in [0.1, 0.15) is 18.7 Å². The minimum Gasteiger partial charge on any atom is -0.394 e. The molecule has 5 heteroatoms. The Bertz CT molecular complexity index is 320. The van der Waals surface area contributed by atoms with Crippen LogP contribution >= 0.6 is 0 Å². The highest BCUT2D eigenvalue weighted by atomic mass is 16.3. The van der Waals surface area contributed by atoms with Crippen molar-refractivity contribution in [3.8, 4) is 0 Å². The van der Waals surface area contributed by atoms with E-state index < -0.39 is 0 Å². The highest BCUT2D eigenvalue weighted by molar-refractivity contribution is 5.06. The molecule has 1 aliphatic rings. The first-order valence-electron chi connectivity index (χ1n) is 5.92. The molecule has 2 rings (SSSR count). The predicted molar refractivity (Wildman–Crippen MR) is 62.2 cm³/mol. The molecule has 1 saturated heterocycles. The Morgan fingerprint density at radius 3 is 2.88 bits per heavy atom. The first kappa shape index (κ1) is 11.6. The molecular weight excluding hydrogens is 204 g/mol. The number of nitrogens with one attached hydrogen (secondary N) is 1. The maximum Gasteiger partial charge on any atom is 0.0948 e. The van der Waals surface area contributed by atoms with Gasteiger partial charge in [0.15, 0.2) is 0 Å². The van der Waals surface area contributed by atoms with Crippen molar-refractivity contribution in [3.05, 3.63) is 18.2 Å². The number of imidazole rings is 1. The van der Waals surface area contributed by atoms with E-state index in [1.807, 2.05) is 12.5 Å². The molecule has 2 N–H and O–H groups in total. The minimum atomic E-state index is 0.0875. The summed E-state index contributed by atoms with van der Waals surface area (Å²) >= 11 is 0. The maximum absolute atomic E-state index is 9.57. The Morgan fingerprint density at radius 2 is 2.25 bits per heavy atom. The fourth-order valence-electron chi connectivity index (χ4n) is 2.26. The van der Waals surface area contributed by atoms with Gasteiger partial charge in [-0.05, 0) is 6.92 Å². The first-order valence-corrected chi connectivity index (χ1v) is 5.92. The van der Waals surface area contributed by atoms with Gasteiger partial charge in [0.05, 0.1) is 24.7 Å². The number of aliphatic hydroxyl groups is 1. The number of piperazine rings is 1. The smallest absolute Gasteiger partial charge is 0.0948 e. The Kier molecular flexibility index (Phi) is 3.93. The number of rotatable bonds is 4. The molecule has 0 saturated carbocycles. The molecule has 0 radical (unpaired) electrons. The van der Waals surface area contributed by atoms with E-state index in [1.54, 1.807) is 0 Å². The van der Waals surface area contributed by atoms with Crippen LogP contribution in [0.4, 0.5) is 0 Å². The summed E-state index contributed by atoms with van der Waals surface area (Å²) in [6.07, 6.45) is 3.70. The van der Waals surface area contributed by atoms with E-state index >= 15 is 0 Å². The molecule has 5 nitrogen and oxygen atoms in total. The molecule has 0 bridgehead atoms. The third kappa shape index (κ3) is 2.26. The summed E-state index contributed by atoms with van der Waals surface area (Å²) in [5, 5.41) is 12.9. The summed E-state index contributed by atoms with van der Waals surface area (Å²) < 4.78 is 2.10. The lowest BCUT2D eigenvalue weighted by atomic mass is 10.1. The van der Waals surface area contributed by atoms with Gasteiger partial charge in [-0.2, -0.15) is 0 Å². The van der Waals surface area contributed by atoms with Gasteiger partial charge in [0.25, 0.3) is 0 Å². The highest BCUT2D eigenvalue weighted by Gasteiger charge is 2.23. The van der Waals surface area contributed by atoms with E-state index in [9.17, 15) is 5.11 Å². The van der Waals surface area contributed by atoms with Gasteiger partial charge >= 0.3 is 0 Å². The molecule has 1 fully saturated rings. The fraction of sp³-hybridized carbons (Fsp3) is 0.727. The molecule has 1 unspecified atom stereocenters. The molecule has 90 valence electrons. The van der Waals surface area contributed by atoms with Gasteiger partial charge in [-0.25, -0.2) is 4.98 Å². The number of nitrogens with zero attached hydrogens (tertiary/aromatic N) is 3. The topological polar surface area (TPSA) is 53.3 Å². The summed E-state index contributed by atoms with van der Waals surface area (Å²) in [7, 11) is 0. The van der Waals surface area contributed by atoms with Crippen LogP contribution in [0.5, 0.6) is 0 Å². The summed E-state index contributed by atoms with van der Waals surface area (Å²) in [5.74, 6) is 0. The Morgan fingerprint density at radius 1 is 1.50 bits per heavy atom. The predicted octanol–water partition coefficient (Wildman–Crippen LogP) is -0.158. The second-order valence-corrected chi connectivity index (χ2v) is 4.09. The molecule has 16 heavy (non-hydrogen) atoms. The van der Waals surface area contributed by atoms with Crippen molar-refractivity contribution in [1.82, 2.24) is 19.8 Å². The molecule has 1 atom stereocenters. The van der Waals surface area contributed by atoms with Gasteiger partial charge in [-0.1, -0.05) is 0 Å². The van der Waals surface area contributed by atoms with Crippen LogP contribution in [-0.2, 0) is 6.54 Å². The molecule has 1 aromatic rings. The summed E-state index contributed by atoms with van der Waals surface area (Å²) in [4.78, 5) is 6.49. The quantitative estimate of drug-likeness (QED) is 0.746. The van der Waals surface area contributed by atoms with Crippen molar-refractivity contribution in [3.63, 3.8) is 0 Å². The molecular formula is C11H20N4O. The van der Waals surface area contributed by atoms with Crippen LogP contribution in [0.2, 0.25) is 0 Å². The van der Waals surface area contributed by atoms with Gasteiger partial charge < -0.3 is 15.0 Å². The van der Waals surface area contributed by atoms with Crippen LogP contribution in [0.3, 0.4) is 0 Å². The Labute approximate surface area is 96.1 Å². The molecule has 0 amide bonds. The molecule has 1 aromatic heterocycles. The van der Waals surface area contributed by atoms with Crippen molar-refractivity contribution in [1.29, 1.82) is 0 Å². The fourth-order valence-corrected chi connectivity index (χ4v) is 2.26. The summed E-state index contributed by atoms with van der Waals surface area (Å²) in [5.41, 5.74) is 1.12. The Hall–Kier alpha value is -0.910. The Balaban J connectivity index is 2.14. The van der Waals surface area contributed by atoms with Crippen molar-refractivity contribution in [2.24, 2.45) is 0 Å². The monoisotopic (exact) mass is 224 g/mol. The highest BCUT2D eigenvalue weighted by Crippen LogP contribution is 2.20. The zero-order valence-electron chi connectivity index (χ0n) is 9.76. The van der Waals surface area contributed by atoms with Crippen LogP contribution in [0, 0.1) is 0 Å². The third-order valence-electron chi connectivity index (χ3n) is 3.19. The van der Waals surface area contributed by atoms with Crippen molar-refractivity contribution in [2.75, 3.05) is 32.8 Å². The number of aromatic nitrogens is 2. The van der Waals surface area contributed by atoms with Crippen LogP contribution in [-0.4, -0.2) is 52.3 Å². The van der Waals surface area contributed by atoms with E-state index in [-0.39, 0.29) is 12.6 Å². The second kappa shape index (κ2) is 5.43. The summed E-state index contributed by atoms with van der Waals surface area (Å²) in [6, 6.07) is 0.0875. The van der Waals surface area contributed by atoms with Gasteiger partial charge in [-0.3, -0.25) is 4.90 Å². The van der Waals surface area contributed by atoms with Crippen LogP contribution in [0.15, 0.2) is 12.5 Å². The first-order chi connectivity index (χ1) is 7.86. The van der Waals surface area contributed by atoms with E-state index in [4.69, 9.17) is 0 Å². The number of hydrogen-bond acceptors (Lipinski definition) is 4. The van der Waals surface area contributed by atoms with E-state index in [1.165, 1.54) is 0 Å². The van der Waals surface area contributed by atoms with E-state index in [2.05, 4.69) is 26.7 Å². The van der Waals surface area contributed by atoms with Gasteiger partial charge in [0, 0.05) is 38.9 Å². The zero-order valence-corrected chi connectivity index (χ0v) is 9.76. The average molecular weight is 224 g/mol. The number of hydrogen-bond donors (Lipinski definition) is 2. The lowest BCUT2D eigenvalue weighted by Gasteiger charge is -2.34. The largest absolute Gasteiger partial charge is 0.394 e. The van der Waals surface area contributed by atoms with E-state index in [0.717, 1.165) is 38.4 Å². The van der Waals surface area contributed by atoms with Crippen LogP contribution in [0.25, 0.3) is 0 Å². The zero-order chi connectivity index (χ0) is 11.4. The molecule has 1 aliphatic heterocycles. The van der Waals surface area contributed by atoms with Crippen LogP contribution < -0.4 is 5.32 Å². The van der Waals surface area contributed by atoms with Gasteiger partial charge in [0.1, 0.15) is 0 Å². The maximum atomic E-state index is 9.57. The number of aliphatic hydroxyl groups excluding tert-OH is 1. The third-order valence-corrected chi connectivity index (χ3v) is 3.19. The van der Waals surface area contributed by atoms with E-state index in [0.29, 0.717) is 0 Å². The molecule has 0 spiro atoms. The normalized spacial score (nSPS) is 19.9. The molecule has 2 heterocycles. The lowest BCUT2D eigenvalue weighted by molar-refractivity contribution is 0.105. The number of aryl methyl sites for hydroxylation is 1. The second-order valence-electron chi connectivity index (χ2n) is 4.09.